The zero-order chi connectivity index (χ0) is 18.0. The van der Waals surface area contributed by atoms with Gasteiger partial charge in [0.15, 0.2) is 0 Å². The van der Waals surface area contributed by atoms with Crippen LogP contribution < -0.4 is 0 Å². The summed E-state index contributed by atoms with van der Waals surface area (Å²) in [5.41, 5.74) is 0. The Morgan fingerprint density at radius 3 is 1.82 bits per heavy atom. The van der Waals surface area contributed by atoms with Crippen molar-refractivity contribution in [3.05, 3.63) is 0 Å². The maximum atomic E-state index is 10.3. The summed E-state index contributed by atoms with van der Waals surface area (Å²) in [4.78, 5) is 20.3. The number of carbonyl (C=O) groups is 2. The van der Waals surface area contributed by atoms with Crippen LogP contribution in [-0.4, -0.2) is 60.8 Å². The standard InChI is InChI=1S/C7H14O3.C5H10O2.C3H8O2/c1-4-9-5-6(2)10-7(3)8;1-3-4-7-5(2)6;1-3(5)2-4/h6H,4-5H2,1-3H3;3-4H2,1-2H3;3-5H,2H2,1H3. The monoisotopic (exact) mass is 324 g/mol. The van der Waals surface area contributed by atoms with Gasteiger partial charge in [0.05, 0.1) is 25.9 Å². The fourth-order valence-electron chi connectivity index (χ4n) is 0.847. The summed E-state index contributed by atoms with van der Waals surface area (Å²) in [5, 5.41) is 16.0. The summed E-state index contributed by atoms with van der Waals surface area (Å²) >= 11 is 0. The molecule has 0 fully saturated rings. The van der Waals surface area contributed by atoms with E-state index in [1.165, 1.54) is 20.8 Å². The van der Waals surface area contributed by atoms with E-state index in [1.54, 1.807) is 6.92 Å². The minimum atomic E-state index is -0.560. The summed E-state index contributed by atoms with van der Waals surface area (Å²) in [6.07, 6.45) is 0.215. The maximum Gasteiger partial charge on any atom is 0.302 e. The van der Waals surface area contributed by atoms with Crippen molar-refractivity contribution in [2.45, 2.75) is 60.2 Å². The van der Waals surface area contributed by atoms with E-state index in [4.69, 9.17) is 19.7 Å². The molecule has 2 N–H and O–H groups in total. The number of aliphatic hydroxyl groups is 2. The molecule has 7 nitrogen and oxygen atoms in total. The summed E-state index contributed by atoms with van der Waals surface area (Å²) in [6.45, 7) is 11.6. The van der Waals surface area contributed by atoms with Crippen molar-refractivity contribution in [3.63, 3.8) is 0 Å². The molecule has 0 heterocycles. The quantitative estimate of drug-likeness (QED) is 0.680. The molecule has 0 aliphatic carbocycles. The highest BCUT2D eigenvalue weighted by atomic mass is 16.6. The average Bonchev–Trinajstić information content (AvgIpc) is 2.43. The van der Waals surface area contributed by atoms with Crippen molar-refractivity contribution < 1.29 is 34.0 Å². The average molecular weight is 324 g/mol. The van der Waals surface area contributed by atoms with Gasteiger partial charge in [-0.2, -0.15) is 0 Å². The SMILES string of the molecule is CC(O)CO.CCCOC(C)=O.CCOCC(C)OC(C)=O. The molecule has 0 saturated heterocycles. The zero-order valence-corrected chi connectivity index (χ0v) is 14.6. The van der Waals surface area contributed by atoms with Crippen molar-refractivity contribution in [2.75, 3.05) is 26.4 Å². The number of hydrogen-bond donors (Lipinski definition) is 2. The van der Waals surface area contributed by atoms with Gasteiger partial charge in [0.1, 0.15) is 6.10 Å². The normalized spacial score (nSPS) is 11.8. The van der Waals surface area contributed by atoms with Crippen LogP contribution in [0.2, 0.25) is 0 Å². The van der Waals surface area contributed by atoms with Crippen LogP contribution in [0.3, 0.4) is 0 Å². The van der Waals surface area contributed by atoms with Crippen LogP contribution in [0.4, 0.5) is 0 Å². The van der Waals surface area contributed by atoms with Gasteiger partial charge < -0.3 is 24.4 Å². The molecule has 22 heavy (non-hydrogen) atoms. The topological polar surface area (TPSA) is 102 Å². The number of hydrogen-bond acceptors (Lipinski definition) is 7. The van der Waals surface area contributed by atoms with E-state index in [0.717, 1.165) is 6.42 Å². The van der Waals surface area contributed by atoms with E-state index in [0.29, 0.717) is 19.8 Å². The molecule has 0 radical (unpaired) electrons. The van der Waals surface area contributed by atoms with Crippen LogP contribution in [-0.2, 0) is 23.8 Å². The molecule has 0 aromatic carbocycles. The number of carbonyl (C=O) groups excluding carboxylic acids is 2. The van der Waals surface area contributed by atoms with Gasteiger partial charge in [-0.15, -0.1) is 0 Å². The van der Waals surface area contributed by atoms with Gasteiger partial charge >= 0.3 is 11.9 Å². The first-order valence-electron chi connectivity index (χ1n) is 7.38. The van der Waals surface area contributed by atoms with Crippen LogP contribution >= 0.6 is 0 Å². The molecule has 2 unspecified atom stereocenters. The molecule has 0 spiro atoms. The number of rotatable bonds is 7. The van der Waals surface area contributed by atoms with Gasteiger partial charge in [0.2, 0.25) is 0 Å². The minimum Gasteiger partial charge on any atom is -0.466 e. The third-order valence-corrected chi connectivity index (χ3v) is 1.70. The van der Waals surface area contributed by atoms with Crippen LogP contribution in [0, 0.1) is 0 Å². The summed E-state index contributed by atoms with van der Waals surface area (Å²) < 4.78 is 14.4. The highest BCUT2D eigenvalue weighted by Crippen LogP contribution is 1.91. The van der Waals surface area contributed by atoms with E-state index in [-0.39, 0.29) is 24.6 Å². The lowest BCUT2D eigenvalue weighted by atomic mass is 10.4. The summed E-state index contributed by atoms with van der Waals surface area (Å²) in [5.74, 6) is -0.450. The first-order chi connectivity index (χ1) is 10.2. The molecule has 0 aromatic rings. The Morgan fingerprint density at radius 2 is 1.59 bits per heavy atom. The second-order valence-corrected chi connectivity index (χ2v) is 4.45. The second-order valence-electron chi connectivity index (χ2n) is 4.45. The van der Waals surface area contributed by atoms with Gasteiger partial charge in [-0.05, 0) is 27.2 Å². The lowest BCUT2D eigenvalue weighted by Gasteiger charge is -2.10. The predicted molar refractivity (Wildman–Crippen MR) is 83.4 cm³/mol. The highest BCUT2D eigenvalue weighted by molar-refractivity contribution is 5.66. The second kappa shape index (κ2) is 19.8. The molecule has 0 rings (SSSR count). The Hall–Kier alpha value is -1.18. The van der Waals surface area contributed by atoms with Crippen molar-refractivity contribution in [2.24, 2.45) is 0 Å². The highest BCUT2D eigenvalue weighted by Gasteiger charge is 2.03. The van der Waals surface area contributed by atoms with E-state index in [2.05, 4.69) is 4.74 Å². The molecule has 134 valence electrons. The van der Waals surface area contributed by atoms with Crippen molar-refractivity contribution in [3.8, 4) is 0 Å². The molecule has 7 heteroatoms. The molecule has 0 aromatic heterocycles. The Labute approximate surface area is 133 Å². The Kier molecular flexibility index (Phi) is 23.2. The van der Waals surface area contributed by atoms with Crippen LogP contribution in [0.1, 0.15) is 48.0 Å². The van der Waals surface area contributed by atoms with Crippen molar-refractivity contribution in [1.29, 1.82) is 0 Å². The molecule has 0 aliphatic heterocycles. The van der Waals surface area contributed by atoms with Gasteiger partial charge in [0.25, 0.3) is 0 Å². The molecule has 0 amide bonds. The van der Waals surface area contributed by atoms with Crippen LogP contribution in [0.15, 0.2) is 0 Å². The van der Waals surface area contributed by atoms with Gasteiger partial charge in [-0.3, -0.25) is 9.59 Å². The fraction of sp³-hybridized carbons (Fsp3) is 0.867. The molecule has 2 atom stereocenters. The lowest BCUT2D eigenvalue weighted by Crippen LogP contribution is -2.18. The van der Waals surface area contributed by atoms with Crippen LogP contribution in [0.5, 0.6) is 0 Å². The van der Waals surface area contributed by atoms with Gasteiger partial charge in [0, 0.05) is 20.5 Å². The summed E-state index contributed by atoms with van der Waals surface area (Å²) in [7, 11) is 0. The molecule has 0 bridgehead atoms. The minimum absolute atomic E-state index is 0.127. The Balaban J connectivity index is -0.000000263. The van der Waals surface area contributed by atoms with E-state index in [1.807, 2.05) is 13.8 Å². The summed E-state index contributed by atoms with van der Waals surface area (Å²) in [6, 6.07) is 0. The smallest absolute Gasteiger partial charge is 0.302 e. The molecule has 0 saturated carbocycles. The fourth-order valence-corrected chi connectivity index (χ4v) is 0.847. The first-order valence-corrected chi connectivity index (χ1v) is 7.38. The Bertz CT molecular complexity index is 254. The first kappa shape index (κ1) is 25.8. The van der Waals surface area contributed by atoms with Gasteiger partial charge in [-0.1, -0.05) is 6.92 Å². The largest absolute Gasteiger partial charge is 0.466 e. The van der Waals surface area contributed by atoms with Crippen molar-refractivity contribution >= 4 is 11.9 Å². The maximum absolute atomic E-state index is 10.3. The van der Waals surface area contributed by atoms with Gasteiger partial charge in [-0.25, -0.2) is 0 Å². The third-order valence-electron chi connectivity index (χ3n) is 1.70. The molecular formula is C15H32O7. The van der Waals surface area contributed by atoms with E-state index in [9.17, 15) is 9.59 Å². The van der Waals surface area contributed by atoms with E-state index >= 15 is 0 Å². The van der Waals surface area contributed by atoms with E-state index < -0.39 is 6.10 Å². The molecular weight excluding hydrogens is 292 g/mol. The number of ether oxygens (including phenoxy) is 3. The van der Waals surface area contributed by atoms with Crippen molar-refractivity contribution in [1.82, 2.24) is 0 Å². The number of esters is 2. The molecule has 0 aliphatic rings. The third kappa shape index (κ3) is 36.4. The Morgan fingerprint density at radius 1 is 1.09 bits per heavy atom. The number of aliphatic hydroxyl groups excluding tert-OH is 2. The van der Waals surface area contributed by atoms with Crippen LogP contribution in [0.25, 0.3) is 0 Å². The lowest BCUT2D eigenvalue weighted by molar-refractivity contribution is -0.148. The predicted octanol–water partition coefficient (Wildman–Crippen LogP) is 1.29. The zero-order valence-electron chi connectivity index (χ0n) is 14.6.